The van der Waals surface area contributed by atoms with Crippen LogP contribution in [0.3, 0.4) is 0 Å². The predicted octanol–water partition coefficient (Wildman–Crippen LogP) is 9.76. The molecule has 0 spiro atoms. The first-order chi connectivity index (χ1) is 25.3. The molecule has 6 aromatic rings. The van der Waals surface area contributed by atoms with E-state index in [0.717, 1.165) is 50.1 Å². The van der Waals surface area contributed by atoms with Gasteiger partial charge < -0.3 is 0 Å². The molecular formula is C44H33N7. The molecule has 3 aliphatic heterocycles. The fourth-order valence-corrected chi connectivity index (χ4v) is 6.29. The Morgan fingerprint density at radius 1 is 0.275 bits per heavy atom. The molecule has 0 radical (unpaired) electrons. The highest BCUT2D eigenvalue weighted by atomic mass is 15.5. The molecule has 6 aromatic carbocycles. The van der Waals surface area contributed by atoms with Crippen LogP contribution in [-0.2, 0) is 0 Å². The molecule has 3 aliphatic rings. The molecule has 9 rings (SSSR count). The Kier molecular flexibility index (Phi) is 8.58. The van der Waals surface area contributed by atoms with Crippen molar-refractivity contribution in [1.29, 1.82) is 0 Å². The predicted molar refractivity (Wildman–Crippen MR) is 211 cm³/mol. The van der Waals surface area contributed by atoms with E-state index >= 15 is 0 Å². The number of nitrogens with zero attached hydrogens (tertiary/aromatic N) is 7. The maximum Gasteiger partial charge on any atom is 0.243 e. The average molecular weight is 660 g/mol. The number of hydrogen-bond donors (Lipinski definition) is 0. The second-order valence-electron chi connectivity index (χ2n) is 11.6. The van der Waals surface area contributed by atoms with Crippen molar-refractivity contribution >= 4 is 35.4 Å². The second kappa shape index (κ2) is 13.9. The first kappa shape index (κ1) is 31.4. The number of rotatable bonds is 6. The van der Waals surface area contributed by atoms with E-state index in [1.54, 1.807) is 4.90 Å². The van der Waals surface area contributed by atoms with Gasteiger partial charge in [-0.1, -0.05) is 178 Å². The number of aliphatic imine (C=N–C) groups is 6. The molecule has 0 N–H and O–H groups in total. The average Bonchev–Trinajstić information content (AvgIpc) is 3.22. The third-order valence-electron chi connectivity index (χ3n) is 8.59. The van der Waals surface area contributed by atoms with Gasteiger partial charge in [0.15, 0.2) is 17.5 Å². The van der Waals surface area contributed by atoms with Gasteiger partial charge in [-0.05, 0) is 33.4 Å². The van der Waals surface area contributed by atoms with Crippen molar-refractivity contribution in [3.05, 3.63) is 180 Å². The Bertz CT molecular complexity index is 2150. The fourth-order valence-electron chi connectivity index (χ4n) is 6.29. The monoisotopic (exact) mass is 659 g/mol. The van der Waals surface area contributed by atoms with Crippen LogP contribution in [0.2, 0.25) is 0 Å². The van der Waals surface area contributed by atoms with E-state index in [2.05, 4.69) is 54.6 Å². The molecule has 0 unspecified atom stereocenters. The van der Waals surface area contributed by atoms with Crippen molar-refractivity contribution in [3.63, 3.8) is 0 Å². The molecule has 3 heterocycles. The normalized spacial score (nSPS) is 14.4. The topological polar surface area (TPSA) is 77.4 Å². The molecule has 0 bridgehead atoms. The van der Waals surface area contributed by atoms with E-state index in [0.29, 0.717) is 35.4 Å². The van der Waals surface area contributed by atoms with Crippen molar-refractivity contribution in [2.45, 2.75) is 13.8 Å². The summed E-state index contributed by atoms with van der Waals surface area (Å²) in [5.41, 5.74) is 8.89. The summed E-state index contributed by atoms with van der Waals surface area (Å²) in [5.74, 6) is 2.78. The standard InChI is InChI=1S/C42H27N7.C2H6/c1-4-16-28(17-5-1)31-22-10-13-25-34(31)37-43-40-45-38(35-26-14-11-23-32(35)29-18-6-2-7-19-29)47-42-48-39(46-41(44-37)49(40)42)36-27-15-12-24-33(36)30-20-8-3-9-21-30;1-2/h1-27H;1-2H3. The van der Waals surface area contributed by atoms with Crippen LogP contribution in [0.15, 0.2) is 194 Å². The van der Waals surface area contributed by atoms with Gasteiger partial charge in [0.1, 0.15) is 0 Å². The molecule has 0 saturated heterocycles. The maximum atomic E-state index is 5.06. The van der Waals surface area contributed by atoms with E-state index in [1.807, 2.05) is 123 Å². The van der Waals surface area contributed by atoms with Gasteiger partial charge in [-0.25, -0.2) is 4.90 Å². The quantitative estimate of drug-likeness (QED) is 0.175. The molecule has 0 amide bonds. The van der Waals surface area contributed by atoms with Gasteiger partial charge in [-0.2, -0.15) is 30.0 Å². The summed E-state index contributed by atoms with van der Waals surface area (Å²) in [7, 11) is 0. The molecule has 0 atom stereocenters. The van der Waals surface area contributed by atoms with Crippen molar-refractivity contribution in [2.75, 3.05) is 0 Å². The summed E-state index contributed by atoms with van der Waals surface area (Å²) in [6.45, 7) is 4.00. The smallest absolute Gasteiger partial charge is 0.213 e. The lowest BCUT2D eigenvalue weighted by Gasteiger charge is -2.31. The molecule has 7 heteroatoms. The van der Waals surface area contributed by atoms with Gasteiger partial charge in [-0.15, -0.1) is 0 Å². The highest BCUT2D eigenvalue weighted by Gasteiger charge is 2.36. The van der Waals surface area contributed by atoms with E-state index in [9.17, 15) is 0 Å². The second-order valence-corrected chi connectivity index (χ2v) is 11.6. The summed E-state index contributed by atoms with van der Waals surface area (Å²) in [6.07, 6.45) is 0. The number of hydrogen-bond acceptors (Lipinski definition) is 7. The minimum absolute atomic E-state index is 0.411. The minimum Gasteiger partial charge on any atom is -0.213 e. The van der Waals surface area contributed by atoms with E-state index in [1.165, 1.54) is 0 Å². The third-order valence-corrected chi connectivity index (χ3v) is 8.59. The van der Waals surface area contributed by atoms with Crippen LogP contribution in [0.5, 0.6) is 0 Å². The van der Waals surface area contributed by atoms with Gasteiger partial charge in [0.25, 0.3) is 0 Å². The molecule has 0 saturated carbocycles. The van der Waals surface area contributed by atoms with E-state index in [-0.39, 0.29) is 0 Å². The summed E-state index contributed by atoms with van der Waals surface area (Å²) in [5, 5.41) is 0. The maximum absolute atomic E-state index is 5.06. The zero-order valence-corrected chi connectivity index (χ0v) is 28.2. The molecule has 0 fully saturated rings. The third kappa shape index (κ3) is 6.02. The zero-order valence-electron chi connectivity index (χ0n) is 28.2. The zero-order chi connectivity index (χ0) is 34.6. The van der Waals surface area contributed by atoms with Crippen molar-refractivity contribution < 1.29 is 0 Å². The van der Waals surface area contributed by atoms with Crippen molar-refractivity contribution in [1.82, 2.24) is 4.90 Å². The van der Waals surface area contributed by atoms with Crippen LogP contribution in [0.1, 0.15) is 30.5 Å². The van der Waals surface area contributed by atoms with Crippen LogP contribution in [0.4, 0.5) is 0 Å². The lowest BCUT2D eigenvalue weighted by molar-refractivity contribution is 0.828. The molecule has 0 aromatic heterocycles. The molecule has 51 heavy (non-hydrogen) atoms. The van der Waals surface area contributed by atoms with Crippen LogP contribution in [0, 0.1) is 0 Å². The number of amidine groups is 3. The number of guanidine groups is 3. The molecule has 0 aliphatic carbocycles. The Morgan fingerprint density at radius 3 is 0.784 bits per heavy atom. The van der Waals surface area contributed by atoms with Gasteiger partial charge in [0, 0.05) is 16.7 Å². The van der Waals surface area contributed by atoms with Crippen LogP contribution in [-0.4, -0.2) is 40.3 Å². The van der Waals surface area contributed by atoms with Gasteiger partial charge >= 0.3 is 0 Å². The summed E-state index contributed by atoms with van der Waals surface area (Å²) < 4.78 is 0. The first-order valence-electron chi connectivity index (χ1n) is 17.1. The van der Waals surface area contributed by atoms with Crippen molar-refractivity contribution in [2.24, 2.45) is 30.0 Å². The summed E-state index contributed by atoms with van der Waals surface area (Å²) in [4.78, 5) is 32.1. The Balaban J connectivity index is 0.00000184. The minimum atomic E-state index is 0.411. The largest absolute Gasteiger partial charge is 0.243 e. The summed E-state index contributed by atoms with van der Waals surface area (Å²) in [6, 6.07) is 55.2. The lowest BCUT2D eigenvalue weighted by atomic mass is 9.98. The van der Waals surface area contributed by atoms with E-state index < -0.39 is 0 Å². The molecule has 7 nitrogen and oxygen atoms in total. The molecular weight excluding hydrogens is 627 g/mol. The first-order valence-corrected chi connectivity index (χ1v) is 17.1. The van der Waals surface area contributed by atoms with Crippen LogP contribution < -0.4 is 0 Å². The van der Waals surface area contributed by atoms with Gasteiger partial charge in [-0.3, -0.25) is 0 Å². The summed E-state index contributed by atoms with van der Waals surface area (Å²) >= 11 is 0. The number of benzene rings is 6. The van der Waals surface area contributed by atoms with Crippen LogP contribution in [0.25, 0.3) is 33.4 Å². The van der Waals surface area contributed by atoms with E-state index in [4.69, 9.17) is 30.0 Å². The lowest BCUT2D eigenvalue weighted by Crippen LogP contribution is -2.48. The highest BCUT2D eigenvalue weighted by Crippen LogP contribution is 2.31. The Morgan fingerprint density at radius 2 is 0.510 bits per heavy atom. The fraction of sp³-hybridized carbons (Fsp3) is 0.0455. The van der Waals surface area contributed by atoms with Crippen molar-refractivity contribution in [3.8, 4) is 33.4 Å². The Hall–Kier alpha value is -6.86. The van der Waals surface area contributed by atoms with Gasteiger partial charge in [0.2, 0.25) is 17.9 Å². The molecule has 244 valence electrons. The Labute approximate surface area is 297 Å². The van der Waals surface area contributed by atoms with Gasteiger partial charge in [0.05, 0.1) is 0 Å². The van der Waals surface area contributed by atoms with Crippen LogP contribution >= 0.6 is 0 Å². The highest BCUT2D eigenvalue weighted by molar-refractivity contribution is 6.35. The SMILES string of the molecule is CC.c1ccc(-c2ccccc2C2=NC3=NC(c4ccccc4-c4ccccc4)=NC4=NC(c5ccccc5-c5ccccc5)=NC(=N2)N34)cc1.